The molecule has 0 saturated carbocycles. The summed E-state index contributed by atoms with van der Waals surface area (Å²) >= 11 is 0. The minimum atomic E-state index is -0.621. The number of anilines is 1. The summed E-state index contributed by atoms with van der Waals surface area (Å²) in [5, 5.41) is 3.47. The molecule has 3 aromatic rings. The van der Waals surface area contributed by atoms with Crippen LogP contribution in [-0.2, 0) is 11.8 Å². The number of para-hydroxylation sites is 1. The number of hydrogen-bond acceptors (Lipinski definition) is 2. The Kier molecular flexibility index (Phi) is 3.74. The first-order valence-corrected chi connectivity index (χ1v) is 7.44. The fraction of sp³-hybridized carbons (Fsp3) is 0.158. The molecule has 0 radical (unpaired) electrons. The molecular weight excluding hydrogens is 288 g/mol. The van der Waals surface area contributed by atoms with Crippen molar-refractivity contribution in [2.75, 3.05) is 5.32 Å². The van der Waals surface area contributed by atoms with Crippen LogP contribution < -0.4 is 5.32 Å². The van der Waals surface area contributed by atoms with Crippen LogP contribution in [0.2, 0.25) is 0 Å². The zero-order chi connectivity index (χ0) is 16.6. The number of aromatic nitrogens is 1. The Morgan fingerprint density at radius 2 is 1.74 bits per heavy atom. The van der Waals surface area contributed by atoms with Crippen LogP contribution in [0.15, 0.2) is 48.7 Å². The Hall–Kier alpha value is -2.88. The van der Waals surface area contributed by atoms with Crippen molar-refractivity contribution in [3.05, 3.63) is 65.4 Å². The number of rotatable bonds is 3. The van der Waals surface area contributed by atoms with Crippen molar-refractivity contribution in [1.29, 1.82) is 0 Å². The number of hydrogen-bond donors (Lipinski definition) is 1. The lowest BCUT2D eigenvalue weighted by Crippen LogP contribution is -2.22. The Morgan fingerprint density at radius 1 is 1.00 bits per heavy atom. The van der Waals surface area contributed by atoms with Gasteiger partial charge in [0.25, 0.3) is 11.7 Å². The van der Waals surface area contributed by atoms with Crippen LogP contribution in [-0.4, -0.2) is 16.3 Å². The molecule has 1 heterocycles. The minimum Gasteiger partial charge on any atom is -0.350 e. The summed E-state index contributed by atoms with van der Waals surface area (Å²) in [4.78, 5) is 24.8. The Balaban J connectivity index is 1.89. The first-order chi connectivity index (χ1) is 11.0. The van der Waals surface area contributed by atoms with Crippen LogP contribution in [0.1, 0.15) is 21.5 Å². The van der Waals surface area contributed by atoms with E-state index in [4.69, 9.17) is 0 Å². The SMILES string of the molecule is Cc1ccc(NC(=O)C(=O)c2cn(C)c3ccccc23)cc1C. The van der Waals surface area contributed by atoms with E-state index in [1.165, 1.54) is 0 Å². The highest BCUT2D eigenvalue weighted by molar-refractivity contribution is 6.48. The number of nitrogens with zero attached hydrogens (tertiary/aromatic N) is 1. The van der Waals surface area contributed by atoms with Crippen LogP contribution in [0.25, 0.3) is 10.9 Å². The third kappa shape index (κ3) is 2.75. The minimum absolute atomic E-state index is 0.421. The predicted molar refractivity (Wildman–Crippen MR) is 91.8 cm³/mol. The van der Waals surface area contributed by atoms with Crippen LogP contribution in [0.5, 0.6) is 0 Å². The molecule has 0 bridgehead atoms. The fourth-order valence-corrected chi connectivity index (χ4v) is 2.65. The topological polar surface area (TPSA) is 51.1 Å². The standard InChI is InChI=1S/C19H18N2O2/c1-12-8-9-14(10-13(12)2)20-19(23)18(22)16-11-21(3)17-7-5-4-6-15(16)17/h4-11H,1-3H3,(H,20,23). The predicted octanol–water partition coefficient (Wildman–Crippen LogP) is 3.62. The summed E-state index contributed by atoms with van der Waals surface area (Å²) in [6.07, 6.45) is 1.70. The van der Waals surface area contributed by atoms with E-state index in [1.54, 1.807) is 12.3 Å². The molecule has 23 heavy (non-hydrogen) atoms. The fourth-order valence-electron chi connectivity index (χ4n) is 2.65. The van der Waals surface area contributed by atoms with Crippen LogP contribution in [0, 0.1) is 13.8 Å². The van der Waals surface area contributed by atoms with E-state index in [0.29, 0.717) is 11.3 Å². The van der Waals surface area contributed by atoms with Crippen molar-refractivity contribution in [1.82, 2.24) is 4.57 Å². The van der Waals surface area contributed by atoms with E-state index in [1.807, 2.05) is 61.9 Å². The van der Waals surface area contributed by atoms with Gasteiger partial charge >= 0.3 is 0 Å². The first kappa shape index (κ1) is 15.0. The number of carbonyl (C=O) groups is 2. The Bertz CT molecular complexity index is 922. The molecular formula is C19H18N2O2. The maximum atomic E-state index is 12.5. The quantitative estimate of drug-likeness (QED) is 0.593. The van der Waals surface area contributed by atoms with E-state index in [0.717, 1.165) is 22.0 Å². The third-order valence-electron chi connectivity index (χ3n) is 4.11. The van der Waals surface area contributed by atoms with Crippen molar-refractivity contribution in [2.45, 2.75) is 13.8 Å². The third-order valence-corrected chi connectivity index (χ3v) is 4.11. The van der Waals surface area contributed by atoms with Crippen molar-refractivity contribution >= 4 is 28.3 Å². The number of fused-ring (bicyclic) bond motifs is 1. The number of ketones is 1. The monoisotopic (exact) mass is 306 g/mol. The second-order valence-electron chi connectivity index (χ2n) is 5.75. The first-order valence-electron chi connectivity index (χ1n) is 7.44. The molecule has 0 fully saturated rings. The molecule has 4 heteroatoms. The number of nitrogens with one attached hydrogen (secondary N) is 1. The molecule has 2 aromatic carbocycles. The molecule has 0 aliphatic carbocycles. The van der Waals surface area contributed by atoms with Crippen LogP contribution in [0.3, 0.4) is 0 Å². The highest BCUT2D eigenvalue weighted by Gasteiger charge is 2.21. The summed E-state index contributed by atoms with van der Waals surface area (Å²) in [6.45, 7) is 3.97. The lowest BCUT2D eigenvalue weighted by Gasteiger charge is -2.06. The van der Waals surface area contributed by atoms with E-state index in [2.05, 4.69) is 5.32 Å². The van der Waals surface area contributed by atoms with Gasteiger partial charge in [-0.1, -0.05) is 24.3 Å². The molecule has 0 aliphatic rings. The van der Waals surface area contributed by atoms with Crippen molar-refractivity contribution in [3.63, 3.8) is 0 Å². The molecule has 0 atom stereocenters. The van der Waals surface area contributed by atoms with E-state index in [-0.39, 0.29) is 0 Å². The molecule has 0 unspecified atom stereocenters. The molecule has 1 aromatic heterocycles. The van der Waals surface area contributed by atoms with Gasteiger partial charge in [0.2, 0.25) is 0 Å². The van der Waals surface area contributed by atoms with E-state index in [9.17, 15) is 9.59 Å². The molecule has 1 N–H and O–H groups in total. The average Bonchev–Trinajstić information content (AvgIpc) is 2.88. The van der Waals surface area contributed by atoms with E-state index < -0.39 is 11.7 Å². The maximum Gasteiger partial charge on any atom is 0.296 e. The molecule has 116 valence electrons. The van der Waals surface area contributed by atoms with Crippen molar-refractivity contribution < 1.29 is 9.59 Å². The second kappa shape index (κ2) is 5.72. The maximum absolute atomic E-state index is 12.5. The molecule has 0 aliphatic heterocycles. The highest BCUT2D eigenvalue weighted by atomic mass is 16.2. The van der Waals surface area contributed by atoms with Gasteiger partial charge in [0.15, 0.2) is 0 Å². The normalized spacial score (nSPS) is 10.7. The molecule has 3 rings (SSSR count). The molecule has 0 saturated heterocycles. The van der Waals surface area contributed by atoms with Gasteiger partial charge in [-0.05, 0) is 43.2 Å². The zero-order valence-corrected chi connectivity index (χ0v) is 13.4. The number of amides is 1. The van der Waals surface area contributed by atoms with Gasteiger partial charge in [0.1, 0.15) is 0 Å². The summed E-state index contributed by atoms with van der Waals surface area (Å²) in [6, 6.07) is 13.1. The Morgan fingerprint density at radius 3 is 2.48 bits per heavy atom. The lowest BCUT2D eigenvalue weighted by atomic mass is 10.1. The van der Waals surface area contributed by atoms with Crippen LogP contribution >= 0.6 is 0 Å². The van der Waals surface area contributed by atoms with E-state index >= 15 is 0 Å². The summed E-state index contributed by atoms with van der Waals surface area (Å²) in [5.74, 6) is -1.15. The highest BCUT2D eigenvalue weighted by Crippen LogP contribution is 2.21. The lowest BCUT2D eigenvalue weighted by molar-refractivity contribution is -0.112. The second-order valence-corrected chi connectivity index (χ2v) is 5.75. The van der Waals surface area contributed by atoms with Crippen LogP contribution in [0.4, 0.5) is 5.69 Å². The number of benzene rings is 2. The number of Topliss-reactive ketones (excluding diaryl/α,β-unsaturated/α-hetero) is 1. The summed E-state index contributed by atoms with van der Waals surface area (Å²) in [7, 11) is 1.86. The molecule has 4 nitrogen and oxygen atoms in total. The number of aryl methyl sites for hydroxylation is 3. The molecule has 1 amide bonds. The number of carbonyl (C=O) groups excluding carboxylic acids is 2. The smallest absolute Gasteiger partial charge is 0.296 e. The summed E-state index contributed by atoms with van der Waals surface area (Å²) in [5.41, 5.74) is 4.19. The Labute approximate surface area is 134 Å². The zero-order valence-electron chi connectivity index (χ0n) is 13.4. The molecule has 0 spiro atoms. The van der Waals surface area contributed by atoms with Gasteiger partial charge in [-0.25, -0.2) is 0 Å². The largest absolute Gasteiger partial charge is 0.350 e. The van der Waals surface area contributed by atoms with Gasteiger partial charge in [0, 0.05) is 29.8 Å². The van der Waals surface area contributed by atoms with Gasteiger partial charge < -0.3 is 9.88 Å². The van der Waals surface area contributed by atoms with Crippen molar-refractivity contribution in [3.8, 4) is 0 Å². The van der Waals surface area contributed by atoms with Gasteiger partial charge in [-0.3, -0.25) is 9.59 Å². The average molecular weight is 306 g/mol. The van der Waals surface area contributed by atoms with Gasteiger partial charge in [0.05, 0.1) is 5.56 Å². The van der Waals surface area contributed by atoms with Gasteiger partial charge in [-0.15, -0.1) is 0 Å². The van der Waals surface area contributed by atoms with Gasteiger partial charge in [-0.2, -0.15) is 0 Å². The summed E-state index contributed by atoms with van der Waals surface area (Å²) < 4.78 is 1.85. The van der Waals surface area contributed by atoms with Crippen molar-refractivity contribution in [2.24, 2.45) is 7.05 Å².